The van der Waals surface area contributed by atoms with Crippen molar-refractivity contribution in [3.63, 3.8) is 0 Å². The highest BCUT2D eigenvalue weighted by molar-refractivity contribution is 5.72. The quantitative estimate of drug-likeness (QED) is 0.203. The van der Waals surface area contributed by atoms with Crippen molar-refractivity contribution < 1.29 is 37.9 Å². The van der Waals surface area contributed by atoms with Gasteiger partial charge in [-0.2, -0.15) is 0 Å². The number of nitrogens with zero attached hydrogens (tertiary/aromatic N) is 1. The number of aliphatic hydroxyl groups excluding tert-OH is 2. The third-order valence-electron chi connectivity index (χ3n) is 6.72. The van der Waals surface area contributed by atoms with Gasteiger partial charge in [0.2, 0.25) is 0 Å². The summed E-state index contributed by atoms with van der Waals surface area (Å²) in [5.41, 5.74) is 2.92. The third-order valence-corrected chi connectivity index (χ3v) is 6.72. The lowest BCUT2D eigenvalue weighted by Gasteiger charge is -2.20. The largest absolute Gasteiger partial charge is 0.489 e. The van der Waals surface area contributed by atoms with Crippen LogP contribution in [-0.4, -0.2) is 47.7 Å². The van der Waals surface area contributed by atoms with Gasteiger partial charge >= 0.3 is 0 Å². The third kappa shape index (κ3) is 7.33. The van der Waals surface area contributed by atoms with E-state index in [4.69, 9.17) is 24.1 Å². The Morgan fingerprint density at radius 3 is 2.55 bits per heavy atom. The number of ether oxygens (including phenoxy) is 4. The first-order valence-corrected chi connectivity index (χ1v) is 13.6. The van der Waals surface area contributed by atoms with Crippen LogP contribution in [0.3, 0.4) is 0 Å². The fraction of sp³-hybridized carbons (Fsp3) is 0.281. The fourth-order valence-corrected chi connectivity index (χ4v) is 4.61. The Kier molecular flexibility index (Phi) is 9.81. The molecule has 42 heavy (non-hydrogen) atoms. The van der Waals surface area contributed by atoms with Gasteiger partial charge in [0.25, 0.3) is 6.43 Å². The second kappa shape index (κ2) is 14.1. The highest BCUT2D eigenvalue weighted by atomic mass is 19.3. The summed E-state index contributed by atoms with van der Waals surface area (Å²) in [5.74, 6) is 2.09. The Hall–Kier alpha value is -4.25. The molecule has 0 spiro atoms. The Bertz CT molecular complexity index is 1470. The molecule has 1 unspecified atom stereocenters. The summed E-state index contributed by atoms with van der Waals surface area (Å²) in [6.07, 6.45) is -0.226. The molecule has 3 N–H and O–H groups in total. The number of rotatable bonds is 13. The normalized spacial score (nSPS) is 13.2. The van der Waals surface area contributed by atoms with E-state index in [9.17, 15) is 13.9 Å². The van der Waals surface area contributed by atoms with Crippen molar-refractivity contribution >= 4 is 0 Å². The van der Waals surface area contributed by atoms with E-state index >= 15 is 0 Å². The van der Waals surface area contributed by atoms with Crippen LogP contribution >= 0.6 is 0 Å². The van der Waals surface area contributed by atoms with Crippen molar-refractivity contribution in [2.45, 2.75) is 32.3 Å². The number of hydrogen-bond donors (Lipinski definition) is 3. The topological polar surface area (TPSA) is 102 Å². The number of aliphatic hydroxyl groups is 2. The predicted molar refractivity (Wildman–Crippen MR) is 152 cm³/mol. The summed E-state index contributed by atoms with van der Waals surface area (Å²) in [6, 6.07) is 19.2. The first kappa shape index (κ1) is 29.2. The minimum atomic E-state index is -2.73. The Labute approximate surface area is 242 Å². The molecule has 0 bridgehead atoms. The molecular formula is C32H32F2N2O6. The van der Waals surface area contributed by atoms with Gasteiger partial charge in [-0.15, -0.1) is 0 Å². The molecule has 0 radical (unpaired) electrons. The van der Waals surface area contributed by atoms with Gasteiger partial charge in [-0.1, -0.05) is 36.4 Å². The first-order valence-electron chi connectivity index (χ1n) is 13.6. The van der Waals surface area contributed by atoms with E-state index < -0.39 is 12.5 Å². The summed E-state index contributed by atoms with van der Waals surface area (Å²) in [7, 11) is 0. The molecule has 0 aliphatic carbocycles. The summed E-state index contributed by atoms with van der Waals surface area (Å²) in [4.78, 5) is 4.11. The fourth-order valence-electron chi connectivity index (χ4n) is 4.61. The molecule has 1 atom stereocenters. The van der Waals surface area contributed by atoms with Gasteiger partial charge in [0.15, 0.2) is 11.5 Å². The van der Waals surface area contributed by atoms with Crippen LogP contribution in [0.4, 0.5) is 8.78 Å². The maximum Gasteiger partial charge on any atom is 0.264 e. The molecule has 0 saturated carbocycles. The summed E-state index contributed by atoms with van der Waals surface area (Å²) < 4.78 is 52.2. The highest BCUT2D eigenvalue weighted by Gasteiger charge is 2.21. The molecule has 4 aromatic rings. The van der Waals surface area contributed by atoms with Gasteiger partial charge in [0, 0.05) is 48.2 Å². The van der Waals surface area contributed by atoms with Crippen LogP contribution in [0.1, 0.15) is 28.7 Å². The van der Waals surface area contributed by atoms with Gasteiger partial charge in [-0.25, -0.2) is 8.78 Å². The number of hydrogen-bond acceptors (Lipinski definition) is 8. The number of halogens is 2. The standard InChI is InChI=1S/C32H32F2N2O6/c33-32(34)31-24(4-1-5-27(31)22-7-9-28-30(13-22)40-12-11-39-28)20-41-26-8-6-23(16-36-17-25(38)18-37)29(14-26)42-19-21-3-2-10-35-15-21/h1-10,13-15,25,32,36-38H,11-12,16-20H2. The molecule has 0 amide bonds. The van der Waals surface area contributed by atoms with Gasteiger partial charge in [-0.3, -0.25) is 4.98 Å². The molecule has 8 nitrogen and oxygen atoms in total. The van der Waals surface area contributed by atoms with E-state index in [1.807, 2.05) is 18.2 Å². The van der Waals surface area contributed by atoms with Crippen molar-refractivity contribution in [1.82, 2.24) is 10.3 Å². The van der Waals surface area contributed by atoms with E-state index in [-0.39, 0.29) is 31.9 Å². The molecule has 3 aromatic carbocycles. The lowest BCUT2D eigenvalue weighted by atomic mass is 9.95. The number of pyridine rings is 1. The van der Waals surface area contributed by atoms with Gasteiger partial charge in [-0.05, 0) is 41.0 Å². The molecule has 5 rings (SSSR count). The molecule has 1 aromatic heterocycles. The maximum absolute atomic E-state index is 14.4. The van der Waals surface area contributed by atoms with Gasteiger partial charge in [0.1, 0.15) is 37.9 Å². The molecule has 1 aliphatic rings. The molecule has 0 saturated heterocycles. The summed E-state index contributed by atoms with van der Waals surface area (Å²) >= 11 is 0. The van der Waals surface area contributed by atoms with Crippen LogP contribution in [0.5, 0.6) is 23.0 Å². The minimum Gasteiger partial charge on any atom is -0.489 e. The molecule has 0 fully saturated rings. The van der Waals surface area contributed by atoms with Crippen LogP contribution in [0.15, 0.2) is 79.1 Å². The van der Waals surface area contributed by atoms with E-state index in [0.29, 0.717) is 59.4 Å². The average molecular weight is 579 g/mol. The number of aromatic nitrogens is 1. The van der Waals surface area contributed by atoms with Crippen molar-refractivity contribution in [1.29, 1.82) is 0 Å². The van der Waals surface area contributed by atoms with Crippen LogP contribution < -0.4 is 24.3 Å². The molecule has 10 heteroatoms. The minimum absolute atomic E-state index is 0.0829. The number of benzene rings is 3. The van der Waals surface area contributed by atoms with Crippen LogP contribution in [0.25, 0.3) is 11.1 Å². The number of alkyl halides is 2. The Morgan fingerprint density at radius 2 is 1.76 bits per heavy atom. The highest BCUT2D eigenvalue weighted by Crippen LogP contribution is 2.39. The maximum atomic E-state index is 14.4. The number of fused-ring (bicyclic) bond motifs is 1. The second-order valence-electron chi connectivity index (χ2n) is 9.71. The monoisotopic (exact) mass is 578 g/mol. The zero-order valence-electron chi connectivity index (χ0n) is 22.8. The zero-order valence-corrected chi connectivity index (χ0v) is 22.8. The van der Waals surface area contributed by atoms with Gasteiger partial charge in [0.05, 0.1) is 12.7 Å². The Morgan fingerprint density at radius 1 is 0.905 bits per heavy atom. The van der Waals surface area contributed by atoms with E-state index in [1.165, 1.54) is 0 Å². The Balaban J connectivity index is 1.35. The molecular weight excluding hydrogens is 546 g/mol. The van der Waals surface area contributed by atoms with Crippen LogP contribution in [0, 0.1) is 0 Å². The lowest BCUT2D eigenvalue weighted by Crippen LogP contribution is -2.29. The SMILES string of the molecule is OCC(O)CNCc1ccc(OCc2cccc(-c3ccc4c(c3)OCCO4)c2C(F)F)cc1OCc1cccnc1. The van der Waals surface area contributed by atoms with Crippen molar-refractivity contribution in [3.05, 3.63) is 101 Å². The van der Waals surface area contributed by atoms with Crippen LogP contribution in [0.2, 0.25) is 0 Å². The zero-order chi connectivity index (χ0) is 29.3. The molecule has 1 aliphatic heterocycles. The molecule has 220 valence electrons. The second-order valence-corrected chi connectivity index (χ2v) is 9.71. The van der Waals surface area contributed by atoms with E-state index in [1.54, 1.807) is 60.9 Å². The first-order chi connectivity index (χ1) is 20.5. The van der Waals surface area contributed by atoms with E-state index in [2.05, 4.69) is 10.3 Å². The van der Waals surface area contributed by atoms with Crippen molar-refractivity contribution in [2.75, 3.05) is 26.4 Å². The molecule has 2 heterocycles. The predicted octanol–water partition coefficient (Wildman–Crippen LogP) is 5.06. The van der Waals surface area contributed by atoms with Crippen LogP contribution in [-0.2, 0) is 19.8 Å². The van der Waals surface area contributed by atoms with Crippen molar-refractivity contribution in [3.8, 4) is 34.1 Å². The van der Waals surface area contributed by atoms with Gasteiger partial charge < -0.3 is 34.5 Å². The smallest absolute Gasteiger partial charge is 0.264 e. The lowest BCUT2D eigenvalue weighted by molar-refractivity contribution is 0.0941. The number of nitrogens with one attached hydrogen (secondary N) is 1. The van der Waals surface area contributed by atoms with E-state index in [0.717, 1.165) is 11.1 Å². The average Bonchev–Trinajstić information content (AvgIpc) is 3.03. The van der Waals surface area contributed by atoms with Crippen molar-refractivity contribution in [2.24, 2.45) is 0 Å². The summed E-state index contributed by atoms with van der Waals surface area (Å²) in [6.45, 7) is 1.25. The summed E-state index contributed by atoms with van der Waals surface area (Å²) in [5, 5.41) is 21.8.